The van der Waals surface area contributed by atoms with Gasteiger partial charge in [-0.1, -0.05) is 72.1 Å². The van der Waals surface area contributed by atoms with Crippen molar-refractivity contribution in [3.05, 3.63) is 34.4 Å². The van der Waals surface area contributed by atoms with Crippen LogP contribution in [0, 0.1) is 37.0 Å². The van der Waals surface area contributed by atoms with Crippen LogP contribution in [-0.2, 0) is 20.6 Å². The van der Waals surface area contributed by atoms with Gasteiger partial charge in [0.2, 0.25) is 0 Å². The van der Waals surface area contributed by atoms with Crippen molar-refractivity contribution in [2.45, 2.75) is 112 Å². The highest BCUT2D eigenvalue weighted by Gasteiger charge is 2.47. The van der Waals surface area contributed by atoms with Crippen molar-refractivity contribution in [2.24, 2.45) is 23.2 Å². The SMILES string of the molecule is CCNC(OC)C1CC(CC)C(C)(C)C(CC(CC)C(C)C2Cc3cc(C)cc(C)c3C(=O)O2)O1. The van der Waals surface area contributed by atoms with E-state index in [-0.39, 0.29) is 41.8 Å². The number of methoxy groups -OCH3 is 1. The Morgan fingerprint density at radius 1 is 1.17 bits per heavy atom. The van der Waals surface area contributed by atoms with Crippen molar-refractivity contribution in [3.63, 3.8) is 0 Å². The van der Waals surface area contributed by atoms with Crippen LogP contribution < -0.4 is 5.32 Å². The molecule has 35 heavy (non-hydrogen) atoms. The minimum Gasteiger partial charge on any atom is -0.458 e. The summed E-state index contributed by atoms with van der Waals surface area (Å²) in [5, 5.41) is 3.45. The van der Waals surface area contributed by atoms with Crippen molar-refractivity contribution < 1.29 is 19.0 Å². The molecule has 198 valence electrons. The predicted molar refractivity (Wildman–Crippen MR) is 142 cm³/mol. The molecule has 0 amide bonds. The molecule has 0 bridgehead atoms. The molecular weight excluding hydrogens is 438 g/mol. The third-order valence-corrected chi connectivity index (χ3v) is 9.04. The number of hydrogen-bond acceptors (Lipinski definition) is 5. The maximum Gasteiger partial charge on any atom is 0.338 e. The van der Waals surface area contributed by atoms with Crippen LogP contribution in [0.15, 0.2) is 12.1 Å². The zero-order valence-corrected chi connectivity index (χ0v) is 23.6. The number of nitrogens with one attached hydrogen (secondary N) is 1. The van der Waals surface area contributed by atoms with Gasteiger partial charge in [0.1, 0.15) is 12.3 Å². The Kier molecular flexibility index (Phi) is 9.45. The first kappa shape index (κ1) is 28.1. The van der Waals surface area contributed by atoms with E-state index in [0.717, 1.165) is 55.3 Å². The lowest BCUT2D eigenvalue weighted by molar-refractivity contribution is -0.196. The van der Waals surface area contributed by atoms with Crippen molar-refractivity contribution in [1.29, 1.82) is 0 Å². The molecule has 5 nitrogen and oxygen atoms in total. The van der Waals surface area contributed by atoms with Crippen LogP contribution in [0.25, 0.3) is 0 Å². The summed E-state index contributed by atoms with van der Waals surface area (Å²) in [4.78, 5) is 13.0. The van der Waals surface area contributed by atoms with Gasteiger partial charge in [0, 0.05) is 13.5 Å². The van der Waals surface area contributed by atoms with E-state index < -0.39 is 0 Å². The minimum absolute atomic E-state index is 0.0427. The summed E-state index contributed by atoms with van der Waals surface area (Å²) in [5.41, 5.74) is 4.21. The first-order valence-electron chi connectivity index (χ1n) is 13.8. The Bertz CT molecular complexity index is 866. The second-order valence-electron chi connectivity index (χ2n) is 11.6. The molecule has 2 aliphatic rings. The lowest BCUT2D eigenvalue weighted by atomic mass is 9.65. The fourth-order valence-electron chi connectivity index (χ4n) is 6.69. The second kappa shape index (κ2) is 11.7. The first-order chi connectivity index (χ1) is 16.6. The van der Waals surface area contributed by atoms with Gasteiger partial charge in [-0.25, -0.2) is 4.79 Å². The molecular formula is C30H49NO4. The van der Waals surface area contributed by atoms with E-state index in [1.807, 2.05) is 6.92 Å². The zero-order chi connectivity index (χ0) is 25.9. The predicted octanol–water partition coefficient (Wildman–Crippen LogP) is 6.23. The lowest BCUT2D eigenvalue weighted by Gasteiger charge is -2.50. The van der Waals surface area contributed by atoms with Gasteiger partial charge in [-0.15, -0.1) is 0 Å². The van der Waals surface area contributed by atoms with E-state index in [4.69, 9.17) is 14.2 Å². The molecule has 0 spiro atoms. The summed E-state index contributed by atoms with van der Waals surface area (Å²) in [6.45, 7) is 18.6. The van der Waals surface area contributed by atoms with Crippen molar-refractivity contribution in [2.75, 3.05) is 13.7 Å². The van der Waals surface area contributed by atoms with E-state index in [1.165, 1.54) is 5.56 Å². The quantitative estimate of drug-likeness (QED) is 0.313. The molecule has 1 N–H and O–H groups in total. The van der Waals surface area contributed by atoms with Crippen LogP contribution in [-0.4, -0.2) is 44.2 Å². The topological polar surface area (TPSA) is 56.8 Å². The molecule has 1 fully saturated rings. The van der Waals surface area contributed by atoms with Gasteiger partial charge in [0.05, 0.1) is 17.8 Å². The van der Waals surface area contributed by atoms with E-state index in [9.17, 15) is 4.79 Å². The van der Waals surface area contributed by atoms with Crippen LogP contribution in [0.1, 0.15) is 94.3 Å². The van der Waals surface area contributed by atoms with Gasteiger partial charge in [-0.05, 0) is 67.5 Å². The molecule has 7 unspecified atom stereocenters. The summed E-state index contributed by atoms with van der Waals surface area (Å²) < 4.78 is 18.7. The van der Waals surface area contributed by atoms with Crippen LogP contribution >= 0.6 is 0 Å². The molecule has 1 aromatic carbocycles. The number of fused-ring (bicyclic) bond motifs is 1. The van der Waals surface area contributed by atoms with Crippen LogP contribution in [0.2, 0.25) is 0 Å². The van der Waals surface area contributed by atoms with Crippen molar-refractivity contribution in [1.82, 2.24) is 5.32 Å². The number of cyclic esters (lactones) is 1. The van der Waals surface area contributed by atoms with Crippen LogP contribution in [0.5, 0.6) is 0 Å². The lowest BCUT2D eigenvalue weighted by Crippen LogP contribution is -2.54. The van der Waals surface area contributed by atoms with Gasteiger partial charge in [-0.2, -0.15) is 0 Å². The van der Waals surface area contributed by atoms with Crippen molar-refractivity contribution in [3.8, 4) is 0 Å². The van der Waals surface area contributed by atoms with Crippen molar-refractivity contribution >= 4 is 5.97 Å². The van der Waals surface area contributed by atoms with E-state index >= 15 is 0 Å². The number of carbonyl (C=O) groups excluding carboxylic acids is 1. The largest absolute Gasteiger partial charge is 0.458 e. The first-order valence-corrected chi connectivity index (χ1v) is 13.8. The number of hydrogen-bond donors (Lipinski definition) is 1. The average molecular weight is 488 g/mol. The summed E-state index contributed by atoms with van der Waals surface area (Å²) in [6, 6.07) is 4.24. The maximum atomic E-state index is 13.0. The fraction of sp³-hybridized carbons (Fsp3) is 0.767. The highest BCUT2D eigenvalue weighted by molar-refractivity contribution is 5.94. The summed E-state index contributed by atoms with van der Waals surface area (Å²) in [5.74, 6) is 1.07. The maximum absolute atomic E-state index is 13.0. The fourth-order valence-corrected chi connectivity index (χ4v) is 6.69. The minimum atomic E-state index is -0.163. The van der Waals surface area contributed by atoms with Gasteiger partial charge in [0.15, 0.2) is 0 Å². The Morgan fingerprint density at radius 2 is 1.89 bits per heavy atom. The zero-order valence-electron chi connectivity index (χ0n) is 23.6. The number of esters is 1. The Balaban J connectivity index is 1.80. The third-order valence-electron chi connectivity index (χ3n) is 9.04. The van der Waals surface area contributed by atoms with E-state index in [2.05, 4.69) is 65.9 Å². The van der Waals surface area contributed by atoms with Crippen LogP contribution in [0.4, 0.5) is 0 Å². The number of ether oxygens (including phenoxy) is 3. The van der Waals surface area contributed by atoms with Gasteiger partial charge < -0.3 is 14.2 Å². The highest BCUT2D eigenvalue weighted by atomic mass is 16.6. The number of likely N-dealkylation sites (N-methyl/N-ethyl adjacent to an activating group) is 1. The standard InChI is InChI=1S/C30H49NO4/c1-10-21(20(6)24-15-22-14-18(4)13-19(5)27(22)29(32)35-24)16-26-30(7,8)23(11-2)17-25(34-26)28(33-9)31-12-3/h13-14,20-21,23-26,28,31H,10-12,15-17H2,1-9H3. The third kappa shape index (κ3) is 5.94. The molecule has 0 radical (unpaired) electrons. The molecule has 1 aromatic rings. The van der Waals surface area contributed by atoms with Gasteiger partial charge in [0.25, 0.3) is 0 Å². The smallest absolute Gasteiger partial charge is 0.338 e. The number of benzene rings is 1. The number of aryl methyl sites for hydroxylation is 2. The normalized spacial score (nSPS) is 28.7. The molecule has 0 aromatic heterocycles. The molecule has 3 rings (SSSR count). The van der Waals surface area contributed by atoms with E-state index in [1.54, 1.807) is 7.11 Å². The second-order valence-corrected chi connectivity index (χ2v) is 11.6. The van der Waals surface area contributed by atoms with E-state index in [0.29, 0.717) is 11.8 Å². The Hall–Kier alpha value is -1.43. The summed E-state index contributed by atoms with van der Waals surface area (Å²) in [7, 11) is 1.77. The highest BCUT2D eigenvalue weighted by Crippen LogP contribution is 2.47. The molecule has 5 heteroatoms. The monoisotopic (exact) mass is 487 g/mol. The summed E-state index contributed by atoms with van der Waals surface area (Å²) >= 11 is 0. The van der Waals surface area contributed by atoms with Gasteiger partial charge in [-0.3, -0.25) is 5.32 Å². The number of rotatable bonds is 10. The molecule has 0 aliphatic carbocycles. The molecule has 1 saturated heterocycles. The molecule has 7 atom stereocenters. The van der Waals surface area contributed by atoms with Crippen LogP contribution in [0.3, 0.4) is 0 Å². The summed E-state index contributed by atoms with van der Waals surface area (Å²) in [6.07, 6.45) is 4.92. The molecule has 2 heterocycles. The average Bonchev–Trinajstić information content (AvgIpc) is 2.80. The van der Waals surface area contributed by atoms with Gasteiger partial charge >= 0.3 is 5.97 Å². The molecule has 0 saturated carbocycles. The number of carbonyl (C=O) groups is 1. The Labute approximate surface area is 213 Å². The molecule has 2 aliphatic heterocycles. The Morgan fingerprint density at radius 3 is 2.49 bits per heavy atom.